The Morgan fingerprint density at radius 2 is 1.47 bits per heavy atom. The molecule has 0 aromatic heterocycles. The maximum absolute atomic E-state index is 6.02. The van der Waals surface area contributed by atoms with Crippen LogP contribution in [-0.2, 0) is 0 Å². The number of nitrogens with zero attached hydrogens (tertiary/aromatic N) is 1. The second-order valence-corrected chi connectivity index (χ2v) is 5.16. The molecular formula is C13H30N2. The third-order valence-corrected chi connectivity index (χ3v) is 3.27. The van der Waals surface area contributed by atoms with Crippen molar-refractivity contribution in [2.45, 2.75) is 72.5 Å². The Morgan fingerprint density at radius 1 is 1.00 bits per heavy atom. The highest BCUT2D eigenvalue weighted by molar-refractivity contribution is 4.81. The average Bonchev–Trinajstić information content (AvgIpc) is 2.16. The van der Waals surface area contributed by atoms with Gasteiger partial charge >= 0.3 is 0 Å². The molecular weight excluding hydrogens is 184 g/mol. The monoisotopic (exact) mass is 214 g/mol. The Hall–Kier alpha value is -0.0800. The summed E-state index contributed by atoms with van der Waals surface area (Å²) in [6, 6.07) is 1.43. The van der Waals surface area contributed by atoms with Gasteiger partial charge in [-0.3, -0.25) is 4.90 Å². The molecule has 0 fully saturated rings. The van der Waals surface area contributed by atoms with Crippen molar-refractivity contribution in [2.24, 2.45) is 11.7 Å². The highest BCUT2D eigenvalue weighted by Crippen LogP contribution is 2.16. The summed E-state index contributed by atoms with van der Waals surface area (Å²) in [4.78, 5) is 2.59. The zero-order valence-electron chi connectivity index (χ0n) is 11.5. The van der Waals surface area contributed by atoms with Crippen LogP contribution in [0.5, 0.6) is 0 Å². The Kier molecular flexibility index (Phi) is 7.20. The van der Waals surface area contributed by atoms with Crippen LogP contribution >= 0.6 is 0 Å². The molecule has 92 valence electrons. The van der Waals surface area contributed by atoms with Gasteiger partial charge < -0.3 is 5.73 Å². The van der Waals surface area contributed by atoms with E-state index in [0.29, 0.717) is 18.0 Å². The van der Waals surface area contributed by atoms with Crippen molar-refractivity contribution in [1.29, 1.82) is 0 Å². The van der Waals surface area contributed by atoms with E-state index in [-0.39, 0.29) is 6.04 Å². The van der Waals surface area contributed by atoms with Crippen molar-refractivity contribution in [3.05, 3.63) is 0 Å². The molecule has 15 heavy (non-hydrogen) atoms. The molecule has 0 amide bonds. The Labute approximate surface area is 96.2 Å². The van der Waals surface area contributed by atoms with Gasteiger partial charge in [0.15, 0.2) is 0 Å². The van der Waals surface area contributed by atoms with Crippen LogP contribution in [0.25, 0.3) is 0 Å². The summed E-state index contributed by atoms with van der Waals surface area (Å²) < 4.78 is 0. The molecule has 0 saturated carbocycles. The van der Waals surface area contributed by atoms with E-state index in [1.54, 1.807) is 0 Å². The molecule has 2 unspecified atom stereocenters. The quantitative estimate of drug-likeness (QED) is 0.706. The average molecular weight is 214 g/mol. The molecule has 0 saturated heterocycles. The van der Waals surface area contributed by atoms with Gasteiger partial charge in [-0.2, -0.15) is 0 Å². The molecule has 0 aliphatic heterocycles. The van der Waals surface area contributed by atoms with Crippen LogP contribution in [0.15, 0.2) is 0 Å². The fourth-order valence-corrected chi connectivity index (χ4v) is 2.13. The number of rotatable bonds is 7. The standard InChI is InChI=1S/C13H30N2/c1-7-13(8-2)15(9-10(3)4)12(6)11(5)14/h10-13H,7-9,14H2,1-6H3. The summed E-state index contributed by atoms with van der Waals surface area (Å²) in [6.07, 6.45) is 2.45. The van der Waals surface area contributed by atoms with Crippen molar-refractivity contribution in [3.63, 3.8) is 0 Å². The zero-order valence-corrected chi connectivity index (χ0v) is 11.5. The third-order valence-electron chi connectivity index (χ3n) is 3.27. The highest BCUT2D eigenvalue weighted by Gasteiger charge is 2.23. The largest absolute Gasteiger partial charge is 0.327 e. The van der Waals surface area contributed by atoms with Gasteiger partial charge in [-0.05, 0) is 32.6 Å². The van der Waals surface area contributed by atoms with E-state index in [1.165, 1.54) is 12.8 Å². The van der Waals surface area contributed by atoms with Gasteiger partial charge in [-0.1, -0.05) is 27.7 Å². The second kappa shape index (κ2) is 7.24. The number of nitrogens with two attached hydrogens (primary N) is 1. The molecule has 0 spiro atoms. The highest BCUT2D eigenvalue weighted by atomic mass is 15.2. The SMILES string of the molecule is CCC(CC)N(CC(C)C)C(C)C(C)N. The van der Waals surface area contributed by atoms with E-state index >= 15 is 0 Å². The van der Waals surface area contributed by atoms with Gasteiger partial charge in [0.2, 0.25) is 0 Å². The fourth-order valence-electron chi connectivity index (χ4n) is 2.13. The Morgan fingerprint density at radius 3 is 1.73 bits per heavy atom. The van der Waals surface area contributed by atoms with Crippen LogP contribution < -0.4 is 5.73 Å². The minimum atomic E-state index is 0.254. The predicted molar refractivity (Wildman–Crippen MR) is 69.0 cm³/mol. The minimum absolute atomic E-state index is 0.254. The van der Waals surface area contributed by atoms with Crippen LogP contribution in [0.1, 0.15) is 54.4 Å². The first-order chi connectivity index (χ1) is 6.93. The Bertz CT molecular complexity index is 149. The number of hydrogen-bond acceptors (Lipinski definition) is 2. The van der Waals surface area contributed by atoms with E-state index in [4.69, 9.17) is 5.73 Å². The molecule has 0 aliphatic rings. The maximum atomic E-state index is 6.02. The molecule has 0 aromatic rings. The van der Waals surface area contributed by atoms with Gasteiger partial charge in [0.05, 0.1) is 0 Å². The lowest BCUT2D eigenvalue weighted by Gasteiger charge is -2.38. The maximum Gasteiger partial charge on any atom is 0.0219 e. The normalized spacial score (nSPS) is 16.4. The first-order valence-electron chi connectivity index (χ1n) is 6.45. The molecule has 0 rings (SSSR count). The van der Waals surface area contributed by atoms with Crippen LogP contribution in [-0.4, -0.2) is 29.6 Å². The summed E-state index contributed by atoms with van der Waals surface area (Å²) in [5.74, 6) is 0.715. The van der Waals surface area contributed by atoms with Crippen molar-refractivity contribution in [1.82, 2.24) is 4.90 Å². The molecule has 0 radical (unpaired) electrons. The zero-order chi connectivity index (χ0) is 12.0. The fraction of sp³-hybridized carbons (Fsp3) is 1.00. The summed E-state index contributed by atoms with van der Waals surface area (Å²) in [5.41, 5.74) is 6.02. The molecule has 0 heterocycles. The molecule has 2 N–H and O–H groups in total. The summed E-state index contributed by atoms with van der Waals surface area (Å²) in [6.45, 7) is 14.6. The van der Waals surface area contributed by atoms with Crippen LogP contribution in [0, 0.1) is 5.92 Å². The molecule has 0 bridgehead atoms. The summed E-state index contributed by atoms with van der Waals surface area (Å²) in [5, 5.41) is 0. The van der Waals surface area contributed by atoms with E-state index in [0.717, 1.165) is 6.54 Å². The smallest absolute Gasteiger partial charge is 0.0219 e. The van der Waals surface area contributed by atoms with Crippen molar-refractivity contribution >= 4 is 0 Å². The van der Waals surface area contributed by atoms with E-state index in [2.05, 4.69) is 46.4 Å². The van der Waals surface area contributed by atoms with Crippen molar-refractivity contribution in [2.75, 3.05) is 6.54 Å². The number of hydrogen-bond donors (Lipinski definition) is 1. The topological polar surface area (TPSA) is 29.3 Å². The van der Waals surface area contributed by atoms with Gasteiger partial charge in [0, 0.05) is 24.7 Å². The third kappa shape index (κ3) is 4.98. The predicted octanol–water partition coefficient (Wildman–Crippen LogP) is 2.87. The van der Waals surface area contributed by atoms with Gasteiger partial charge in [-0.15, -0.1) is 0 Å². The molecule has 0 aliphatic carbocycles. The summed E-state index contributed by atoms with van der Waals surface area (Å²) in [7, 11) is 0. The van der Waals surface area contributed by atoms with Crippen molar-refractivity contribution in [3.8, 4) is 0 Å². The second-order valence-electron chi connectivity index (χ2n) is 5.16. The first-order valence-corrected chi connectivity index (χ1v) is 6.45. The van der Waals surface area contributed by atoms with E-state index < -0.39 is 0 Å². The molecule has 0 aromatic carbocycles. The van der Waals surface area contributed by atoms with Crippen LogP contribution in [0.3, 0.4) is 0 Å². The lowest BCUT2D eigenvalue weighted by atomic mass is 10.0. The first kappa shape index (κ1) is 14.9. The van der Waals surface area contributed by atoms with E-state index in [9.17, 15) is 0 Å². The van der Waals surface area contributed by atoms with Gasteiger partial charge in [0.1, 0.15) is 0 Å². The summed E-state index contributed by atoms with van der Waals surface area (Å²) >= 11 is 0. The van der Waals surface area contributed by atoms with Gasteiger partial charge in [-0.25, -0.2) is 0 Å². The lowest BCUT2D eigenvalue weighted by molar-refractivity contribution is 0.106. The molecule has 2 nitrogen and oxygen atoms in total. The Balaban J connectivity index is 4.54. The van der Waals surface area contributed by atoms with E-state index in [1.807, 2.05) is 0 Å². The van der Waals surface area contributed by atoms with Crippen molar-refractivity contribution < 1.29 is 0 Å². The van der Waals surface area contributed by atoms with Gasteiger partial charge in [0.25, 0.3) is 0 Å². The molecule has 2 atom stereocenters. The van der Waals surface area contributed by atoms with Crippen LogP contribution in [0.4, 0.5) is 0 Å². The molecule has 2 heteroatoms. The minimum Gasteiger partial charge on any atom is -0.327 e. The lowest BCUT2D eigenvalue weighted by Crippen LogP contribution is -2.50. The van der Waals surface area contributed by atoms with Crippen LogP contribution in [0.2, 0.25) is 0 Å².